The van der Waals surface area contributed by atoms with E-state index in [0.717, 1.165) is 16.9 Å². The van der Waals surface area contributed by atoms with Gasteiger partial charge in [-0.15, -0.1) is 0 Å². The Labute approximate surface area is 136 Å². The Morgan fingerprint density at radius 2 is 1.91 bits per heavy atom. The standard InChI is InChI=1S/C19H21NO3/c1-2-22-17-10-8-15(9-11-17)14-18(21)20-12-13-23-19(20)16-6-4-3-5-7-16/h3-11,19H,2,12-14H2,1H3. The molecule has 1 unspecified atom stereocenters. The third-order valence-corrected chi connectivity index (χ3v) is 3.89. The van der Waals surface area contributed by atoms with Crippen molar-refractivity contribution < 1.29 is 14.3 Å². The smallest absolute Gasteiger partial charge is 0.229 e. The van der Waals surface area contributed by atoms with Gasteiger partial charge in [-0.1, -0.05) is 42.5 Å². The van der Waals surface area contributed by atoms with E-state index in [1.165, 1.54) is 0 Å². The highest BCUT2D eigenvalue weighted by molar-refractivity contribution is 5.79. The number of amides is 1. The van der Waals surface area contributed by atoms with E-state index in [1.54, 1.807) is 0 Å². The Morgan fingerprint density at radius 1 is 1.17 bits per heavy atom. The third kappa shape index (κ3) is 3.71. The molecule has 0 spiro atoms. The molecule has 2 aromatic carbocycles. The van der Waals surface area contributed by atoms with E-state index in [2.05, 4.69) is 0 Å². The second-order valence-electron chi connectivity index (χ2n) is 5.47. The van der Waals surface area contributed by atoms with Crippen LogP contribution in [0.1, 0.15) is 24.3 Å². The van der Waals surface area contributed by atoms with Gasteiger partial charge in [0, 0.05) is 12.1 Å². The maximum absolute atomic E-state index is 12.6. The molecule has 1 saturated heterocycles. The minimum absolute atomic E-state index is 0.0838. The summed E-state index contributed by atoms with van der Waals surface area (Å²) in [6.45, 7) is 3.81. The predicted octanol–water partition coefficient (Wildman–Crippen LogP) is 3.19. The molecule has 4 heteroatoms. The molecule has 1 aliphatic rings. The summed E-state index contributed by atoms with van der Waals surface area (Å²) in [6, 6.07) is 17.6. The van der Waals surface area contributed by atoms with Gasteiger partial charge in [-0.2, -0.15) is 0 Å². The van der Waals surface area contributed by atoms with Crippen molar-refractivity contribution in [1.82, 2.24) is 4.90 Å². The molecule has 1 amide bonds. The summed E-state index contributed by atoms with van der Waals surface area (Å²) in [6.07, 6.45) is 0.102. The van der Waals surface area contributed by atoms with E-state index in [4.69, 9.17) is 9.47 Å². The van der Waals surface area contributed by atoms with Crippen LogP contribution in [0.5, 0.6) is 5.75 Å². The second kappa shape index (κ2) is 7.29. The number of carbonyl (C=O) groups excluding carboxylic acids is 1. The average Bonchev–Trinajstić information content (AvgIpc) is 3.07. The molecular weight excluding hydrogens is 290 g/mol. The first kappa shape index (κ1) is 15.6. The normalized spacial score (nSPS) is 17.3. The monoisotopic (exact) mass is 311 g/mol. The second-order valence-corrected chi connectivity index (χ2v) is 5.47. The van der Waals surface area contributed by atoms with Crippen LogP contribution in [-0.4, -0.2) is 30.6 Å². The number of hydrogen-bond acceptors (Lipinski definition) is 3. The van der Waals surface area contributed by atoms with E-state index < -0.39 is 0 Å². The Hall–Kier alpha value is -2.33. The summed E-state index contributed by atoms with van der Waals surface area (Å²) in [5.41, 5.74) is 2.00. The van der Waals surface area contributed by atoms with Crippen molar-refractivity contribution in [3.63, 3.8) is 0 Å². The first-order valence-electron chi connectivity index (χ1n) is 7.95. The fourth-order valence-electron chi connectivity index (χ4n) is 2.77. The lowest BCUT2D eigenvalue weighted by atomic mass is 10.1. The molecule has 0 N–H and O–H groups in total. The average molecular weight is 311 g/mol. The lowest BCUT2D eigenvalue weighted by Crippen LogP contribution is -2.32. The zero-order chi connectivity index (χ0) is 16.1. The summed E-state index contributed by atoms with van der Waals surface area (Å²) in [4.78, 5) is 14.4. The molecule has 0 saturated carbocycles. The van der Waals surface area contributed by atoms with E-state index in [9.17, 15) is 4.79 Å². The van der Waals surface area contributed by atoms with Crippen LogP contribution in [0, 0.1) is 0 Å². The number of benzene rings is 2. The minimum atomic E-state index is -0.272. The molecule has 1 atom stereocenters. The van der Waals surface area contributed by atoms with E-state index in [0.29, 0.717) is 26.2 Å². The Kier molecular flexibility index (Phi) is 4.93. The third-order valence-electron chi connectivity index (χ3n) is 3.89. The van der Waals surface area contributed by atoms with Gasteiger partial charge >= 0.3 is 0 Å². The van der Waals surface area contributed by atoms with Gasteiger partial charge < -0.3 is 14.4 Å². The van der Waals surface area contributed by atoms with Crippen molar-refractivity contribution in [2.75, 3.05) is 19.8 Å². The summed E-state index contributed by atoms with van der Waals surface area (Å²) in [5.74, 6) is 0.913. The molecule has 3 rings (SSSR count). The van der Waals surface area contributed by atoms with Gasteiger partial charge in [-0.3, -0.25) is 4.79 Å². The van der Waals surface area contributed by atoms with Crippen molar-refractivity contribution in [3.8, 4) is 5.75 Å². The lowest BCUT2D eigenvalue weighted by molar-refractivity contribution is -0.135. The SMILES string of the molecule is CCOc1ccc(CC(=O)N2CCOC2c2ccccc2)cc1. The molecule has 1 heterocycles. The number of ether oxygens (including phenoxy) is 2. The van der Waals surface area contributed by atoms with Crippen LogP contribution in [0.3, 0.4) is 0 Å². The molecule has 0 aromatic heterocycles. The van der Waals surface area contributed by atoms with Gasteiger partial charge in [0.25, 0.3) is 0 Å². The van der Waals surface area contributed by atoms with Crippen LogP contribution in [0.2, 0.25) is 0 Å². The number of nitrogens with zero attached hydrogens (tertiary/aromatic N) is 1. The summed E-state index contributed by atoms with van der Waals surface area (Å²) in [5, 5.41) is 0. The van der Waals surface area contributed by atoms with Crippen LogP contribution in [0.4, 0.5) is 0 Å². The highest BCUT2D eigenvalue weighted by atomic mass is 16.5. The summed E-state index contributed by atoms with van der Waals surface area (Å²) in [7, 11) is 0. The van der Waals surface area contributed by atoms with Crippen LogP contribution in [0.25, 0.3) is 0 Å². The van der Waals surface area contributed by atoms with Gasteiger partial charge in [0.1, 0.15) is 5.75 Å². The van der Waals surface area contributed by atoms with Crippen molar-refractivity contribution in [2.45, 2.75) is 19.6 Å². The molecule has 2 aromatic rings. The number of carbonyl (C=O) groups is 1. The largest absolute Gasteiger partial charge is 0.494 e. The van der Waals surface area contributed by atoms with E-state index in [1.807, 2.05) is 66.4 Å². The molecule has 4 nitrogen and oxygen atoms in total. The zero-order valence-electron chi connectivity index (χ0n) is 13.3. The van der Waals surface area contributed by atoms with Gasteiger partial charge in [0.15, 0.2) is 6.23 Å². The highest BCUT2D eigenvalue weighted by Gasteiger charge is 2.30. The van der Waals surface area contributed by atoms with Crippen molar-refractivity contribution >= 4 is 5.91 Å². The lowest BCUT2D eigenvalue weighted by Gasteiger charge is -2.23. The maximum Gasteiger partial charge on any atom is 0.229 e. The van der Waals surface area contributed by atoms with Gasteiger partial charge in [-0.05, 0) is 24.6 Å². The van der Waals surface area contributed by atoms with Crippen LogP contribution in [0.15, 0.2) is 54.6 Å². The molecule has 0 radical (unpaired) electrons. The molecule has 120 valence electrons. The van der Waals surface area contributed by atoms with E-state index in [-0.39, 0.29) is 12.1 Å². The predicted molar refractivity (Wildman–Crippen MR) is 88.2 cm³/mol. The zero-order valence-corrected chi connectivity index (χ0v) is 13.3. The fourth-order valence-corrected chi connectivity index (χ4v) is 2.77. The fraction of sp³-hybridized carbons (Fsp3) is 0.316. The Morgan fingerprint density at radius 3 is 2.61 bits per heavy atom. The molecular formula is C19H21NO3. The molecule has 23 heavy (non-hydrogen) atoms. The van der Waals surface area contributed by atoms with Crippen LogP contribution in [-0.2, 0) is 16.0 Å². The summed E-state index contributed by atoms with van der Waals surface area (Å²) < 4.78 is 11.2. The van der Waals surface area contributed by atoms with Gasteiger partial charge in [-0.25, -0.2) is 0 Å². The van der Waals surface area contributed by atoms with Crippen molar-refractivity contribution in [2.24, 2.45) is 0 Å². The van der Waals surface area contributed by atoms with Crippen molar-refractivity contribution in [1.29, 1.82) is 0 Å². The summed E-state index contributed by atoms with van der Waals surface area (Å²) >= 11 is 0. The Balaban J connectivity index is 1.67. The van der Waals surface area contributed by atoms with Crippen LogP contribution < -0.4 is 4.74 Å². The number of rotatable bonds is 5. The highest BCUT2D eigenvalue weighted by Crippen LogP contribution is 2.27. The van der Waals surface area contributed by atoms with Crippen molar-refractivity contribution in [3.05, 3.63) is 65.7 Å². The Bertz CT molecular complexity index is 639. The first-order chi connectivity index (χ1) is 11.3. The van der Waals surface area contributed by atoms with Crippen LogP contribution >= 0.6 is 0 Å². The maximum atomic E-state index is 12.6. The van der Waals surface area contributed by atoms with Gasteiger partial charge in [0.2, 0.25) is 5.91 Å². The molecule has 1 aliphatic heterocycles. The number of hydrogen-bond donors (Lipinski definition) is 0. The molecule has 0 bridgehead atoms. The molecule has 0 aliphatic carbocycles. The quantitative estimate of drug-likeness (QED) is 0.851. The topological polar surface area (TPSA) is 38.8 Å². The first-order valence-corrected chi connectivity index (χ1v) is 7.95. The minimum Gasteiger partial charge on any atom is -0.494 e. The molecule has 1 fully saturated rings. The van der Waals surface area contributed by atoms with Gasteiger partial charge in [0.05, 0.1) is 19.6 Å². The van der Waals surface area contributed by atoms with E-state index >= 15 is 0 Å².